The van der Waals surface area contributed by atoms with Crippen LogP contribution < -0.4 is 15.8 Å². The zero-order chi connectivity index (χ0) is 15.1. The van der Waals surface area contributed by atoms with Gasteiger partial charge in [-0.3, -0.25) is 14.9 Å². The molecule has 6 heteroatoms. The van der Waals surface area contributed by atoms with Gasteiger partial charge in [0.1, 0.15) is 0 Å². The van der Waals surface area contributed by atoms with Gasteiger partial charge in [-0.2, -0.15) is 0 Å². The van der Waals surface area contributed by atoms with E-state index in [1.165, 1.54) is 25.5 Å². The molecule has 0 unspecified atom stereocenters. The predicted molar refractivity (Wildman–Crippen MR) is 77.8 cm³/mol. The maximum Gasteiger partial charge on any atom is 0.280 e. The van der Waals surface area contributed by atoms with Gasteiger partial charge in [0.2, 0.25) is 5.91 Å². The predicted octanol–water partition coefficient (Wildman–Crippen LogP) is 1.26. The largest absolute Gasteiger partial charge is 0.491 e. The summed E-state index contributed by atoms with van der Waals surface area (Å²) in [4.78, 5) is 27.1. The van der Waals surface area contributed by atoms with Gasteiger partial charge in [0.15, 0.2) is 11.4 Å². The number of hydrogen-bond acceptors (Lipinski definition) is 5. The number of carbonyl (C=O) groups is 2. The number of hydrogen-bond donors (Lipinski definition) is 2. The van der Waals surface area contributed by atoms with Crippen molar-refractivity contribution < 1.29 is 14.3 Å². The third kappa shape index (κ3) is 4.53. The first-order chi connectivity index (χ1) is 10.2. The first-order valence-electron chi connectivity index (χ1n) is 7.32. The van der Waals surface area contributed by atoms with Gasteiger partial charge in [-0.25, -0.2) is 4.98 Å². The van der Waals surface area contributed by atoms with Crippen molar-refractivity contribution in [3.05, 3.63) is 24.0 Å². The van der Waals surface area contributed by atoms with E-state index < -0.39 is 11.8 Å². The molecule has 1 aromatic heterocycles. The Kier molecular flexibility index (Phi) is 5.68. The van der Waals surface area contributed by atoms with Crippen molar-refractivity contribution in [2.24, 2.45) is 11.7 Å². The Morgan fingerprint density at radius 1 is 1.33 bits per heavy atom. The zero-order valence-electron chi connectivity index (χ0n) is 12.0. The standard InChI is InChI=1S/C15H21N3O3/c16-9-13(19)18-15(20)14-12(7-4-8-17-14)21-10-11-5-2-1-3-6-11/h4,7-8,11H,1-3,5-6,9-10,16H2,(H,18,19,20). The van der Waals surface area contributed by atoms with Gasteiger partial charge in [-0.05, 0) is 30.9 Å². The van der Waals surface area contributed by atoms with E-state index in [-0.39, 0.29) is 12.2 Å². The average molecular weight is 291 g/mol. The minimum absolute atomic E-state index is 0.120. The fourth-order valence-electron chi connectivity index (χ4n) is 2.48. The molecule has 0 bridgehead atoms. The molecule has 1 saturated carbocycles. The van der Waals surface area contributed by atoms with Gasteiger partial charge in [-0.15, -0.1) is 0 Å². The smallest absolute Gasteiger partial charge is 0.280 e. The number of aromatic nitrogens is 1. The lowest BCUT2D eigenvalue weighted by atomic mass is 9.90. The highest BCUT2D eigenvalue weighted by Gasteiger charge is 2.18. The van der Waals surface area contributed by atoms with Crippen molar-refractivity contribution in [2.45, 2.75) is 32.1 Å². The van der Waals surface area contributed by atoms with Gasteiger partial charge < -0.3 is 10.5 Å². The molecule has 0 saturated heterocycles. The first kappa shape index (κ1) is 15.4. The molecule has 2 amide bonds. The van der Waals surface area contributed by atoms with E-state index in [4.69, 9.17) is 10.5 Å². The minimum Gasteiger partial charge on any atom is -0.491 e. The Balaban J connectivity index is 1.98. The first-order valence-corrected chi connectivity index (χ1v) is 7.32. The molecule has 0 radical (unpaired) electrons. The Bertz CT molecular complexity index is 499. The minimum atomic E-state index is -0.579. The normalized spacial score (nSPS) is 15.5. The topological polar surface area (TPSA) is 94.3 Å². The number of rotatable bonds is 5. The highest BCUT2D eigenvalue weighted by molar-refractivity contribution is 6.05. The molecule has 0 atom stereocenters. The molecule has 1 heterocycles. The number of nitrogens with one attached hydrogen (secondary N) is 1. The number of carbonyl (C=O) groups excluding carboxylic acids is 2. The molecule has 0 aromatic carbocycles. The maximum atomic E-state index is 12.0. The average Bonchev–Trinajstić information content (AvgIpc) is 2.54. The SMILES string of the molecule is NCC(=O)NC(=O)c1ncccc1OCC1CCCCC1. The summed E-state index contributed by atoms with van der Waals surface area (Å²) >= 11 is 0. The third-order valence-electron chi connectivity index (χ3n) is 3.62. The van der Waals surface area contributed by atoms with Crippen LogP contribution in [-0.2, 0) is 4.79 Å². The number of nitrogens with zero attached hydrogens (tertiary/aromatic N) is 1. The second kappa shape index (κ2) is 7.73. The molecular formula is C15H21N3O3. The van der Waals surface area contributed by atoms with Crippen LogP contribution in [0.25, 0.3) is 0 Å². The van der Waals surface area contributed by atoms with Crippen molar-refractivity contribution >= 4 is 11.8 Å². The van der Waals surface area contributed by atoms with E-state index >= 15 is 0 Å². The molecule has 21 heavy (non-hydrogen) atoms. The second-order valence-corrected chi connectivity index (χ2v) is 5.25. The molecule has 2 rings (SSSR count). The van der Waals surface area contributed by atoms with Crippen molar-refractivity contribution in [3.63, 3.8) is 0 Å². The van der Waals surface area contributed by atoms with Gasteiger partial charge in [0.25, 0.3) is 5.91 Å². The maximum absolute atomic E-state index is 12.0. The molecular weight excluding hydrogens is 270 g/mol. The van der Waals surface area contributed by atoms with Crippen LogP contribution in [0.3, 0.4) is 0 Å². The van der Waals surface area contributed by atoms with Crippen LogP contribution in [-0.4, -0.2) is 29.9 Å². The Hall–Kier alpha value is -1.95. The van der Waals surface area contributed by atoms with Crippen LogP contribution in [0, 0.1) is 5.92 Å². The number of imide groups is 1. The fraction of sp³-hybridized carbons (Fsp3) is 0.533. The van der Waals surface area contributed by atoms with Crippen LogP contribution in [0.2, 0.25) is 0 Å². The summed E-state index contributed by atoms with van der Waals surface area (Å²) in [6, 6.07) is 3.40. The van der Waals surface area contributed by atoms with E-state index in [0.29, 0.717) is 18.3 Å². The van der Waals surface area contributed by atoms with Gasteiger partial charge in [0, 0.05) is 6.20 Å². The van der Waals surface area contributed by atoms with Gasteiger partial charge >= 0.3 is 0 Å². The number of ether oxygens (including phenoxy) is 1. The molecule has 0 spiro atoms. The van der Waals surface area contributed by atoms with E-state index in [9.17, 15) is 9.59 Å². The second-order valence-electron chi connectivity index (χ2n) is 5.25. The lowest BCUT2D eigenvalue weighted by Crippen LogP contribution is -2.36. The van der Waals surface area contributed by atoms with Crippen LogP contribution in [0.5, 0.6) is 5.75 Å². The lowest BCUT2D eigenvalue weighted by molar-refractivity contribution is -0.118. The van der Waals surface area contributed by atoms with Crippen LogP contribution in [0.15, 0.2) is 18.3 Å². The summed E-state index contributed by atoms with van der Waals surface area (Å²) in [5, 5.41) is 2.18. The zero-order valence-corrected chi connectivity index (χ0v) is 12.0. The molecule has 1 fully saturated rings. The summed E-state index contributed by atoms with van der Waals surface area (Å²) in [7, 11) is 0. The van der Waals surface area contributed by atoms with Crippen molar-refractivity contribution in [2.75, 3.05) is 13.2 Å². The number of pyridine rings is 1. The van der Waals surface area contributed by atoms with Crippen molar-refractivity contribution in [1.82, 2.24) is 10.3 Å². The summed E-state index contributed by atoms with van der Waals surface area (Å²) in [5.74, 6) is -0.181. The molecule has 1 aliphatic carbocycles. The van der Waals surface area contributed by atoms with Gasteiger partial charge in [0.05, 0.1) is 13.2 Å². The molecule has 6 nitrogen and oxygen atoms in total. The number of amides is 2. The molecule has 1 aromatic rings. The highest BCUT2D eigenvalue weighted by Crippen LogP contribution is 2.25. The van der Waals surface area contributed by atoms with E-state index in [1.807, 2.05) is 0 Å². The number of nitrogens with two attached hydrogens (primary N) is 1. The molecule has 0 aliphatic heterocycles. The molecule has 114 valence electrons. The Morgan fingerprint density at radius 2 is 2.10 bits per heavy atom. The van der Waals surface area contributed by atoms with Crippen molar-refractivity contribution in [3.8, 4) is 5.75 Å². The van der Waals surface area contributed by atoms with E-state index in [0.717, 1.165) is 12.8 Å². The molecule has 1 aliphatic rings. The van der Waals surface area contributed by atoms with Crippen molar-refractivity contribution in [1.29, 1.82) is 0 Å². The molecule has 3 N–H and O–H groups in total. The summed E-state index contributed by atoms with van der Waals surface area (Å²) in [5.41, 5.74) is 5.30. The summed E-state index contributed by atoms with van der Waals surface area (Å²) in [6.07, 6.45) is 7.58. The highest BCUT2D eigenvalue weighted by atomic mass is 16.5. The summed E-state index contributed by atoms with van der Waals surface area (Å²) in [6.45, 7) is 0.341. The van der Waals surface area contributed by atoms with Crippen LogP contribution in [0.1, 0.15) is 42.6 Å². The Morgan fingerprint density at radius 3 is 2.81 bits per heavy atom. The van der Waals surface area contributed by atoms with Gasteiger partial charge in [-0.1, -0.05) is 19.3 Å². The Labute approximate surface area is 124 Å². The monoisotopic (exact) mass is 291 g/mol. The summed E-state index contributed by atoms with van der Waals surface area (Å²) < 4.78 is 5.75. The lowest BCUT2D eigenvalue weighted by Gasteiger charge is -2.22. The van der Waals surface area contributed by atoms with E-state index in [2.05, 4.69) is 10.3 Å². The quantitative estimate of drug-likeness (QED) is 0.851. The van der Waals surface area contributed by atoms with E-state index in [1.54, 1.807) is 12.1 Å². The fourth-order valence-corrected chi connectivity index (χ4v) is 2.48. The van der Waals surface area contributed by atoms with Crippen LogP contribution in [0.4, 0.5) is 0 Å². The third-order valence-corrected chi connectivity index (χ3v) is 3.62. The van der Waals surface area contributed by atoms with Crippen LogP contribution >= 0.6 is 0 Å².